The number of rotatable bonds is 2. The third-order valence-corrected chi connectivity index (χ3v) is 15.0. The van der Waals surface area contributed by atoms with Crippen molar-refractivity contribution in [3.05, 3.63) is 29.3 Å². The van der Waals surface area contributed by atoms with Gasteiger partial charge in [0.15, 0.2) is 8.32 Å². The fourth-order valence-corrected chi connectivity index (χ4v) is 14.7. The standard InChI is InChI=1S/C16H28OSi2/c1-12(2)19(13(3)4)11-15-10-14(5)8-9-16(15)18(6,7)17-19/h8-10,12-13H,11H2,1-7H3. The Kier molecular flexibility index (Phi) is 3.84. The monoisotopic (exact) mass is 292 g/mol. The Morgan fingerprint density at radius 2 is 1.63 bits per heavy atom. The van der Waals surface area contributed by atoms with Gasteiger partial charge in [-0.1, -0.05) is 51.5 Å². The van der Waals surface area contributed by atoms with Crippen LogP contribution in [0.3, 0.4) is 0 Å². The van der Waals surface area contributed by atoms with Crippen molar-refractivity contribution in [2.24, 2.45) is 0 Å². The topological polar surface area (TPSA) is 9.23 Å². The van der Waals surface area contributed by atoms with Crippen molar-refractivity contribution >= 4 is 21.8 Å². The van der Waals surface area contributed by atoms with E-state index in [-0.39, 0.29) is 0 Å². The van der Waals surface area contributed by atoms with Gasteiger partial charge in [-0.25, -0.2) is 0 Å². The fourth-order valence-electron chi connectivity index (χ4n) is 3.63. The van der Waals surface area contributed by atoms with Gasteiger partial charge < -0.3 is 4.12 Å². The molecule has 0 saturated carbocycles. The highest BCUT2D eigenvalue weighted by atomic mass is 28.4. The Bertz CT molecular complexity index is 470. The molecule has 1 aliphatic rings. The third kappa shape index (κ3) is 2.48. The highest BCUT2D eigenvalue weighted by Crippen LogP contribution is 2.41. The SMILES string of the molecule is Cc1ccc2c(c1)C[Si](C(C)C)(C(C)C)O[Si]2(C)C. The van der Waals surface area contributed by atoms with Gasteiger partial charge in [0, 0.05) is 0 Å². The second kappa shape index (κ2) is 4.86. The largest absolute Gasteiger partial charge is 0.451 e. The van der Waals surface area contributed by atoms with Crippen LogP contribution in [0.5, 0.6) is 0 Å². The molecule has 0 aliphatic carbocycles. The number of hydrogen-bond donors (Lipinski definition) is 0. The Morgan fingerprint density at radius 1 is 1.05 bits per heavy atom. The molecule has 1 nitrogen and oxygen atoms in total. The van der Waals surface area contributed by atoms with Crippen molar-refractivity contribution < 1.29 is 4.12 Å². The molecule has 0 saturated heterocycles. The molecule has 106 valence electrons. The van der Waals surface area contributed by atoms with Crippen molar-refractivity contribution in [3.8, 4) is 0 Å². The van der Waals surface area contributed by atoms with Gasteiger partial charge in [0.2, 0.25) is 8.32 Å². The minimum Gasteiger partial charge on any atom is -0.451 e. The molecule has 2 rings (SSSR count). The second-order valence-corrected chi connectivity index (χ2v) is 16.2. The Morgan fingerprint density at radius 3 is 2.16 bits per heavy atom. The van der Waals surface area contributed by atoms with Crippen molar-refractivity contribution in [1.82, 2.24) is 0 Å². The molecule has 0 radical (unpaired) electrons. The number of aryl methyl sites for hydroxylation is 1. The van der Waals surface area contributed by atoms with Crippen LogP contribution in [0.4, 0.5) is 0 Å². The summed E-state index contributed by atoms with van der Waals surface area (Å²) in [7, 11) is -3.42. The first kappa shape index (κ1) is 15.0. The average Bonchev–Trinajstić information content (AvgIpc) is 2.26. The van der Waals surface area contributed by atoms with Gasteiger partial charge in [-0.05, 0) is 47.9 Å². The van der Waals surface area contributed by atoms with Gasteiger partial charge in [-0.2, -0.15) is 0 Å². The highest BCUT2D eigenvalue weighted by molar-refractivity contribution is 6.95. The van der Waals surface area contributed by atoms with Crippen LogP contribution >= 0.6 is 0 Å². The minimum absolute atomic E-state index is 0.688. The van der Waals surface area contributed by atoms with Gasteiger partial charge in [0.25, 0.3) is 0 Å². The first-order valence-electron chi connectivity index (χ1n) is 7.49. The van der Waals surface area contributed by atoms with Crippen LogP contribution < -0.4 is 5.19 Å². The molecule has 0 aromatic heterocycles. The molecule has 0 bridgehead atoms. The van der Waals surface area contributed by atoms with Crippen LogP contribution in [0.25, 0.3) is 0 Å². The molecule has 0 atom stereocenters. The van der Waals surface area contributed by atoms with E-state index < -0.39 is 16.6 Å². The van der Waals surface area contributed by atoms with E-state index in [1.165, 1.54) is 16.8 Å². The predicted molar refractivity (Wildman–Crippen MR) is 89.0 cm³/mol. The van der Waals surface area contributed by atoms with Gasteiger partial charge in [-0.15, -0.1) is 0 Å². The van der Waals surface area contributed by atoms with Gasteiger partial charge >= 0.3 is 0 Å². The number of hydrogen-bond acceptors (Lipinski definition) is 1. The lowest BCUT2D eigenvalue weighted by atomic mass is 10.2. The summed E-state index contributed by atoms with van der Waals surface area (Å²) in [6.07, 6.45) is 0. The van der Waals surface area contributed by atoms with Gasteiger partial charge in [0.05, 0.1) is 0 Å². The molecule has 3 heteroatoms. The first-order valence-corrected chi connectivity index (χ1v) is 12.7. The van der Waals surface area contributed by atoms with Crippen LogP contribution in [0.15, 0.2) is 18.2 Å². The molecular weight excluding hydrogens is 264 g/mol. The lowest BCUT2D eigenvalue weighted by Gasteiger charge is -2.49. The zero-order chi connectivity index (χ0) is 14.4. The summed E-state index contributed by atoms with van der Waals surface area (Å²) in [6, 6.07) is 8.20. The Balaban J connectivity index is 2.57. The smallest absolute Gasteiger partial charge is 0.206 e. The van der Waals surface area contributed by atoms with Crippen LogP contribution in [-0.2, 0) is 10.2 Å². The summed E-state index contributed by atoms with van der Waals surface area (Å²) >= 11 is 0. The zero-order valence-electron chi connectivity index (χ0n) is 13.5. The average molecular weight is 293 g/mol. The first-order chi connectivity index (χ1) is 8.69. The quantitative estimate of drug-likeness (QED) is 0.739. The summed E-state index contributed by atoms with van der Waals surface area (Å²) in [6.45, 7) is 16.5. The van der Waals surface area contributed by atoms with Crippen molar-refractivity contribution in [2.45, 2.75) is 64.8 Å². The van der Waals surface area contributed by atoms with E-state index in [9.17, 15) is 0 Å². The molecule has 0 N–H and O–H groups in total. The van der Waals surface area contributed by atoms with E-state index in [2.05, 4.69) is 65.9 Å². The molecule has 0 spiro atoms. The van der Waals surface area contributed by atoms with E-state index in [0.29, 0.717) is 11.1 Å². The van der Waals surface area contributed by atoms with E-state index in [1.807, 2.05) is 0 Å². The number of benzene rings is 1. The van der Waals surface area contributed by atoms with Crippen LogP contribution in [-0.4, -0.2) is 16.6 Å². The van der Waals surface area contributed by atoms with Crippen molar-refractivity contribution in [2.75, 3.05) is 0 Å². The van der Waals surface area contributed by atoms with Gasteiger partial charge in [0.1, 0.15) is 0 Å². The lowest BCUT2D eigenvalue weighted by Crippen LogP contribution is -2.64. The van der Waals surface area contributed by atoms with Crippen molar-refractivity contribution in [1.29, 1.82) is 0 Å². The van der Waals surface area contributed by atoms with Crippen molar-refractivity contribution in [3.63, 3.8) is 0 Å². The third-order valence-electron chi connectivity index (χ3n) is 4.78. The van der Waals surface area contributed by atoms with Crippen LogP contribution in [0.2, 0.25) is 24.2 Å². The molecular formula is C16H28OSi2. The summed E-state index contributed by atoms with van der Waals surface area (Å²) < 4.78 is 6.93. The maximum absolute atomic E-state index is 6.93. The second-order valence-electron chi connectivity index (χ2n) is 7.21. The maximum Gasteiger partial charge on any atom is 0.206 e. The summed E-state index contributed by atoms with van der Waals surface area (Å²) in [5, 5.41) is 1.53. The van der Waals surface area contributed by atoms with E-state index in [1.54, 1.807) is 5.56 Å². The van der Waals surface area contributed by atoms with Crippen LogP contribution in [0, 0.1) is 6.92 Å². The molecule has 0 unspecified atom stereocenters. The molecule has 1 aromatic rings. The zero-order valence-corrected chi connectivity index (χ0v) is 15.5. The molecule has 0 amide bonds. The molecule has 1 aliphatic heterocycles. The molecule has 0 fully saturated rings. The molecule has 1 aromatic carbocycles. The summed E-state index contributed by atoms with van der Waals surface area (Å²) in [5.41, 5.74) is 4.36. The summed E-state index contributed by atoms with van der Waals surface area (Å²) in [4.78, 5) is 0. The maximum atomic E-state index is 6.93. The predicted octanol–water partition coefficient (Wildman–Crippen LogP) is 4.28. The van der Waals surface area contributed by atoms with E-state index in [4.69, 9.17) is 4.12 Å². The highest BCUT2D eigenvalue weighted by Gasteiger charge is 2.50. The van der Waals surface area contributed by atoms with Gasteiger partial charge in [-0.3, -0.25) is 0 Å². The lowest BCUT2D eigenvalue weighted by molar-refractivity contribution is 0.492. The minimum atomic E-state index is -1.73. The fraction of sp³-hybridized carbons (Fsp3) is 0.625. The van der Waals surface area contributed by atoms with E-state index >= 15 is 0 Å². The van der Waals surface area contributed by atoms with E-state index in [0.717, 1.165) is 0 Å². The summed E-state index contributed by atoms with van der Waals surface area (Å²) in [5.74, 6) is 0. The Labute approximate surface area is 120 Å². The Hall–Kier alpha value is -0.386. The number of fused-ring (bicyclic) bond motifs is 1. The molecule has 19 heavy (non-hydrogen) atoms. The van der Waals surface area contributed by atoms with Crippen LogP contribution in [0.1, 0.15) is 38.8 Å². The molecule has 1 heterocycles. The normalized spacial score (nSPS) is 20.7.